The van der Waals surface area contributed by atoms with Gasteiger partial charge in [-0.2, -0.15) is 0 Å². The van der Waals surface area contributed by atoms with E-state index in [1.54, 1.807) is 29.2 Å². The molecule has 1 aliphatic rings. The van der Waals surface area contributed by atoms with Gasteiger partial charge in [0.2, 0.25) is 0 Å². The maximum absolute atomic E-state index is 13.1. The second-order valence-corrected chi connectivity index (χ2v) is 6.71. The third kappa shape index (κ3) is 5.38. The number of piperazine rings is 1. The Labute approximate surface area is 175 Å². The zero-order valence-electron chi connectivity index (χ0n) is 15.6. The predicted octanol–water partition coefficient (Wildman–Crippen LogP) is 3.58. The van der Waals surface area contributed by atoms with Gasteiger partial charge in [-0.3, -0.25) is 4.90 Å². The van der Waals surface area contributed by atoms with E-state index in [-0.39, 0.29) is 24.4 Å². The zero-order valence-corrected chi connectivity index (χ0v) is 17.1. The molecule has 1 N–H and O–H groups in total. The molecule has 2 amide bonds. The summed E-state index contributed by atoms with van der Waals surface area (Å²) in [5.74, 6) is -0.381. The molecule has 28 heavy (non-hydrogen) atoms. The number of urea groups is 1. The molecule has 6 nitrogen and oxygen atoms in total. The molecule has 0 atom stereocenters. The van der Waals surface area contributed by atoms with Gasteiger partial charge >= 0.3 is 12.0 Å². The lowest BCUT2D eigenvalue weighted by molar-refractivity contribution is 0.0600. The molecule has 8 heteroatoms. The highest BCUT2D eigenvalue weighted by molar-refractivity contribution is 6.30. The lowest BCUT2D eigenvalue weighted by Crippen LogP contribution is -2.51. The van der Waals surface area contributed by atoms with Crippen molar-refractivity contribution in [2.75, 3.05) is 38.2 Å². The molecule has 150 valence electrons. The summed E-state index contributed by atoms with van der Waals surface area (Å²) in [5.41, 5.74) is 2.17. The van der Waals surface area contributed by atoms with Crippen LogP contribution in [0.15, 0.2) is 48.5 Å². The maximum atomic E-state index is 13.1. The number of benzene rings is 2. The minimum atomic E-state index is -0.381. The topological polar surface area (TPSA) is 61.9 Å². The number of anilines is 1. The first-order valence-electron chi connectivity index (χ1n) is 8.78. The lowest BCUT2D eigenvalue weighted by atomic mass is 10.1. The summed E-state index contributed by atoms with van der Waals surface area (Å²) >= 11 is 6.00. The molecule has 1 saturated heterocycles. The van der Waals surface area contributed by atoms with E-state index in [9.17, 15) is 9.59 Å². The Morgan fingerprint density at radius 1 is 1.07 bits per heavy atom. The highest BCUT2D eigenvalue weighted by Gasteiger charge is 2.24. The van der Waals surface area contributed by atoms with Crippen molar-refractivity contribution < 1.29 is 14.3 Å². The third-order valence-electron chi connectivity index (χ3n) is 4.47. The fraction of sp³-hybridized carbons (Fsp3) is 0.300. The number of nitrogens with one attached hydrogen (secondary N) is 1. The van der Waals surface area contributed by atoms with Crippen LogP contribution in [-0.2, 0) is 11.3 Å². The molecule has 0 spiro atoms. The Hall–Kier alpha value is -2.28. The SMILES string of the molecule is COC(=O)c1ccc(CN(C(=O)N2CCNCC2)c2ccc(Cl)cc2)cc1.Cl. The smallest absolute Gasteiger partial charge is 0.337 e. The standard InChI is InChI=1S/C20H22ClN3O3.ClH/c1-27-19(25)16-4-2-15(3-5-16)14-24(18-8-6-17(21)7-9-18)20(26)23-12-10-22-11-13-23;/h2-9,22H,10-14H2,1H3;1H. The van der Waals surface area contributed by atoms with Crippen LogP contribution in [0, 0.1) is 0 Å². The van der Waals surface area contributed by atoms with Crippen LogP contribution in [0.5, 0.6) is 0 Å². The van der Waals surface area contributed by atoms with Crippen LogP contribution in [0.25, 0.3) is 0 Å². The molecule has 0 bridgehead atoms. The molecule has 2 aromatic carbocycles. The highest BCUT2D eigenvalue weighted by Crippen LogP contribution is 2.22. The second-order valence-electron chi connectivity index (χ2n) is 6.27. The van der Waals surface area contributed by atoms with Crippen LogP contribution in [0.4, 0.5) is 10.5 Å². The van der Waals surface area contributed by atoms with Crippen LogP contribution in [0.3, 0.4) is 0 Å². The number of methoxy groups -OCH3 is 1. The maximum Gasteiger partial charge on any atom is 0.337 e. The Morgan fingerprint density at radius 2 is 1.68 bits per heavy atom. The average molecular weight is 424 g/mol. The fourth-order valence-electron chi connectivity index (χ4n) is 2.96. The van der Waals surface area contributed by atoms with Gasteiger partial charge in [-0.1, -0.05) is 23.7 Å². The molecule has 0 aliphatic carbocycles. The van der Waals surface area contributed by atoms with E-state index in [0.29, 0.717) is 30.2 Å². The normalized spacial score (nSPS) is 13.4. The van der Waals surface area contributed by atoms with Gasteiger partial charge in [0.05, 0.1) is 19.2 Å². The van der Waals surface area contributed by atoms with Crippen molar-refractivity contribution in [1.29, 1.82) is 0 Å². The number of hydrogen-bond donors (Lipinski definition) is 1. The van der Waals surface area contributed by atoms with E-state index in [0.717, 1.165) is 24.3 Å². The Balaban J connectivity index is 0.00000280. The number of carbonyl (C=O) groups excluding carboxylic acids is 2. The number of halogens is 2. The van der Waals surface area contributed by atoms with Crippen LogP contribution < -0.4 is 10.2 Å². The number of ether oxygens (including phenoxy) is 1. The van der Waals surface area contributed by atoms with E-state index in [4.69, 9.17) is 16.3 Å². The monoisotopic (exact) mass is 423 g/mol. The zero-order chi connectivity index (χ0) is 19.2. The number of carbonyl (C=O) groups is 2. The number of amides is 2. The fourth-order valence-corrected chi connectivity index (χ4v) is 3.09. The van der Waals surface area contributed by atoms with Gasteiger partial charge < -0.3 is 15.0 Å². The van der Waals surface area contributed by atoms with Crippen LogP contribution in [0.2, 0.25) is 5.02 Å². The summed E-state index contributed by atoms with van der Waals surface area (Å²) in [5, 5.41) is 3.88. The quantitative estimate of drug-likeness (QED) is 0.763. The first-order chi connectivity index (χ1) is 13.1. The average Bonchev–Trinajstić information content (AvgIpc) is 2.73. The van der Waals surface area contributed by atoms with Crippen LogP contribution >= 0.6 is 24.0 Å². The largest absolute Gasteiger partial charge is 0.465 e. The highest BCUT2D eigenvalue weighted by atomic mass is 35.5. The number of esters is 1. The summed E-state index contributed by atoms with van der Waals surface area (Å²) in [4.78, 5) is 28.3. The molecular weight excluding hydrogens is 401 g/mol. The molecule has 1 fully saturated rings. The number of hydrogen-bond acceptors (Lipinski definition) is 4. The van der Waals surface area contributed by atoms with Crippen molar-refractivity contribution in [2.45, 2.75) is 6.54 Å². The summed E-state index contributed by atoms with van der Waals surface area (Å²) < 4.78 is 4.73. The van der Waals surface area contributed by atoms with E-state index in [1.807, 2.05) is 29.2 Å². The molecule has 0 radical (unpaired) electrons. The lowest BCUT2D eigenvalue weighted by Gasteiger charge is -2.33. The van der Waals surface area contributed by atoms with Crippen molar-refractivity contribution in [3.8, 4) is 0 Å². The van der Waals surface area contributed by atoms with Gasteiger partial charge in [0.1, 0.15) is 0 Å². The summed E-state index contributed by atoms with van der Waals surface area (Å²) in [6.45, 7) is 3.31. The van der Waals surface area contributed by atoms with Gasteiger partial charge in [-0.05, 0) is 42.0 Å². The van der Waals surface area contributed by atoms with E-state index in [2.05, 4.69) is 5.32 Å². The molecule has 0 aromatic heterocycles. The summed E-state index contributed by atoms with van der Waals surface area (Å²) in [7, 11) is 1.35. The van der Waals surface area contributed by atoms with Crippen LogP contribution in [-0.4, -0.2) is 50.2 Å². The van der Waals surface area contributed by atoms with E-state index < -0.39 is 0 Å². The molecule has 3 rings (SSSR count). The number of nitrogens with zero attached hydrogens (tertiary/aromatic N) is 2. The Morgan fingerprint density at radius 3 is 2.25 bits per heavy atom. The molecule has 1 aliphatic heterocycles. The van der Waals surface area contributed by atoms with Crippen molar-refractivity contribution in [1.82, 2.24) is 10.2 Å². The van der Waals surface area contributed by atoms with Crippen molar-refractivity contribution in [3.05, 3.63) is 64.7 Å². The Bertz CT molecular complexity index is 791. The first kappa shape index (κ1) is 22.0. The van der Waals surface area contributed by atoms with Crippen molar-refractivity contribution in [3.63, 3.8) is 0 Å². The van der Waals surface area contributed by atoms with Gasteiger partial charge in [-0.25, -0.2) is 9.59 Å². The minimum absolute atomic E-state index is 0. The van der Waals surface area contributed by atoms with Gasteiger partial charge in [0, 0.05) is 36.9 Å². The molecule has 2 aromatic rings. The van der Waals surface area contributed by atoms with Gasteiger partial charge in [-0.15, -0.1) is 12.4 Å². The van der Waals surface area contributed by atoms with Crippen molar-refractivity contribution >= 4 is 41.7 Å². The van der Waals surface area contributed by atoms with Gasteiger partial charge in [0.25, 0.3) is 0 Å². The minimum Gasteiger partial charge on any atom is -0.465 e. The predicted molar refractivity (Wildman–Crippen MR) is 113 cm³/mol. The number of rotatable bonds is 4. The van der Waals surface area contributed by atoms with E-state index >= 15 is 0 Å². The second kappa shape index (κ2) is 10.3. The summed E-state index contributed by atoms with van der Waals surface area (Å²) in [6, 6.07) is 14.3. The van der Waals surface area contributed by atoms with Crippen molar-refractivity contribution in [2.24, 2.45) is 0 Å². The first-order valence-corrected chi connectivity index (χ1v) is 9.16. The van der Waals surface area contributed by atoms with Gasteiger partial charge in [0.15, 0.2) is 0 Å². The third-order valence-corrected chi connectivity index (χ3v) is 4.72. The van der Waals surface area contributed by atoms with Crippen LogP contribution in [0.1, 0.15) is 15.9 Å². The summed E-state index contributed by atoms with van der Waals surface area (Å²) in [6.07, 6.45) is 0. The molecule has 0 saturated carbocycles. The molecular formula is C20H23Cl2N3O3. The van der Waals surface area contributed by atoms with E-state index in [1.165, 1.54) is 7.11 Å². The molecule has 1 heterocycles. The Kier molecular flexibility index (Phi) is 8.11. The molecule has 0 unspecified atom stereocenters.